The van der Waals surface area contributed by atoms with Crippen LogP contribution < -0.4 is 10.1 Å². The van der Waals surface area contributed by atoms with Gasteiger partial charge in [-0.2, -0.15) is 0 Å². The number of nitrogens with one attached hydrogen (secondary N) is 1. The lowest BCUT2D eigenvalue weighted by atomic mass is 10.0. The van der Waals surface area contributed by atoms with E-state index in [9.17, 15) is 0 Å². The zero-order valence-corrected chi connectivity index (χ0v) is 14.1. The highest BCUT2D eigenvalue weighted by Crippen LogP contribution is 2.26. The van der Waals surface area contributed by atoms with Gasteiger partial charge in [0.25, 0.3) is 0 Å². The SMILES string of the molecule is CNCc1sc(CCOc2ccccc2C(C)C)nc1C. The van der Waals surface area contributed by atoms with Gasteiger partial charge in [0.05, 0.1) is 17.3 Å². The summed E-state index contributed by atoms with van der Waals surface area (Å²) in [4.78, 5) is 5.93. The van der Waals surface area contributed by atoms with Crippen molar-refractivity contribution in [3.8, 4) is 5.75 Å². The molecule has 1 aromatic carbocycles. The van der Waals surface area contributed by atoms with Crippen molar-refractivity contribution in [3.63, 3.8) is 0 Å². The van der Waals surface area contributed by atoms with Gasteiger partial charge in [-0.3, -0.25) is 0 Å². The van der Waals surface area contributed by atoms with Gasteiger partial charge in [-0.15, -0.1) is 11.3 Å². The first-order valence-corrected chi connectivity index (χ1v) is 8.25. The van der Waals surface area contributed by atoms with Crippen LogP contribution in [0.15, 0.2) is 24.3 Å². The second-order valence-electron chi connectivity index (χ2n) is 5.44. The third-order valence-electron chi connectivity index (χ3n) is 3.39. The largest absolute Gasteiger partial charge is 0.493 e. The molecule has 2 rings (SSSR count). The van der Waals surface area contributed by atoms with Crippen LogP contribution in [-0.4, -0.2) is 18.6 Å². The third-order valence-corrected chi connectivity index (χ3v) is 4.61. The Kier molecular flexibility index (Phi) is 5.76. The molecule has 0 aliphatic rings. The van der Waals surface area contributed by atoms with Crippen LogP contribution in [0.5, 0.6) is 5.75 Å². The molecule has 0 saturated heterocycles. The van der Waals surface area contributed by atoms with E-state index in [0.29, 0.717) is 12.5 Å². The predicted octanol–water partition coefficient (Wildman–Crippen LogP) is 3.92. The van der Waals surface area contributed by atoms with E-state index in [2.05, 4.69) is 49.3 Å². The normalized spacial score (nSPS) is 11.1. The minimum atomic E-state index is 0.477. The quantitative estimate of drug-likeness (QED) is 0.842. The lowest BCUT2D eigenvalue weighted by Crippen LogP contribution is -2.04. The molecule has 0 saturated carbocycles. The fourth-order valence-corrected chi connectivity index (χ4v) is 3.32. The zero-order chi connectivity index (χ0) is 15.2. The van der Waals surface area contributed by atoms with E-state index < -0.39 is 0 Å². The maximum absolute atomic E-state index is 5.96. The van der Waals surface area contributed by atoms with Gasteiger partial charge in [-0.05, 0) is 31.5 Å². The Morgan fingerprint density at radius 1 is 1.29 bits per heavy atom. The number of hydrogen-bond donors (Lipinski definition) is 1. The summed E-state index contributed by atoms with van der Waals surface area (Å²) < 4.78 is 5.96. The Morgan fingerprint density at radius 3 is 2.76 bits per heavy atom. The molecule has 1 N–H and O–H groups in total. The van der Waals surface area contributed by atoms with Crippen molar-refractivity contribution in [2.75, 3.05) is 13.7 Å². The third kappa shape index (κ3) is 4.29. The van der Waals surface area contributed by atoms with E-state index in [1.54, 1.807) is 11.3 Å². The maximum Gasteiger partial charge on any atom is 0.122 e. The standard InChI is InChI=1S/C17H24N2OS/c1-12(2)14-7-5-6-8-15(14)20-10-9-17-19-13(3)16(21-17)11-18-4/h5-8,12,18H,9-11H2,1-4H3. The number of ether oxygens (including phenoxy) is 1. The molecule has 0 bridgehead atoms. The van der Waals surface area contributed by atoms with Crippen molar-refractivity contribution in [1.29, 1.82) is 0 Å². The number of benzene rings is 1. The van der Waals surface area contributed by atoms with Crippen LogP contribution in [-0.2, 0) is 13.0 Å². The summed E-state index contributed by atoms with van der Waals surface area (Å²) in [6.07, 6.45) is 0.863. The number of aromatic nitrogens is 1. The van der Waals surface area contributed by atoms with E-state index in [0.717, 1.165) is 29.4 Å². The number of rotatable bonds is 7. The van der Waals surface area contributed by atoms with Gasteiger partial charge >= 0.3 is 0 Å². The number of nitrogens with zero attached hydrogens (tertiary/aromatic N) is 1. The molecule has 0 atom stereocenters. The molecule has 0 aliphatic carbocycles. The Bertz CT molecular complexity index is 578. The molecule has 1 heterocycles. The monoisotopic (exact) mass is 304 g/mol. The zero-order valence-electron chi connectivity index (χ0n) is 13.3. The Labute approximate surface area is 131 Å². The van der Waals surface area contributed by atoms with Crippen LogP contribution in [0.3, 0.4) is 0 Å². The first-order chi connectivity index (χ1) is 10.1. The fraction of sp³-hybridized carbons (Fsp3) is 0.471. The Morgan fingerprint density at radius 2 is 2.05 bits per heavy atom. The van der Waals surface area contributed by atoms with E-state index in [1.807, 2.05) is 13.1 Å². The van der Waals surface area contributed by atoms with E-state index in [-0.39, 0.29) is 0 Å². The Balaban J connectivity index is 1.94. The van der Waals surface area contributed by atoms with Crippen molar-refractivity contribution >= 4 is 11.3 Å². The van der Waals surface area contributed by atoms with Gasteiger partial charge in [-0.25, -0.2) is 4.98 Å². The second kappa shape index (κ2) is 7.57. The van der Waals surface area contributed by atoms with Crippen LogP contribution in [0, 0.1) is 6.92 Å². The molecule has 114 valence electrons. The molecule has 2 aromatic rings. The minimum absolute atomic E-state index is 0.477. The van der Waals surface area contributed by atoms with E-state index >= 15 is 0 Å². The summed E-state index contributed by atoms with van der Waals surface area (Å²) in [6, 6.07) is 8.28. The fourth-order valence-electron chi connectivity index (χ4n) is 2.26. The lowest BCUT2D eigenvalue weighted by molar-refractivity contribution is 0.317. The molecular formula is C17H24N2OS. The molecule has 0 amide bonds. The second-order valence-corrected chi connectivity index (χ2v) is 6.61. The van der Waals surface area contributed by atoms with E-state index in [4.69, 9.17) is 4.74 Å². The minimum Gasteiger partial charge on any atom is -0.493 e. The van der Waals surface area contributed by atoms with Crippen LogP contribution in [0.2, 0.25) is 0 Å². The molecule has 3 nitrogen and oxygen atoms in total. The van der Waals surface area contributed by atoms with Crippen molar-refractivity contribution in [2.45, 2.75) is 39.7 Å². The predicted molar refractivity (Wildman–Crippen MR) is 89.3 cm³/mol. The molecule has 0 spiro atoms. The van der Waals surface area contributed by atoms with Crippen LogP contribution >= 0.6 is 11.3 Å². The van der Waals surface area contributed by atoms with Gasteiger partial charge in [0.2, 0.25) is 0 Å². The highest BCUT2D eigenvalue weighted by Gasteiger charge is 2.09. The van der Waals surface area contributed by atoms with Crippen LogP contribution in [0.1, 0.15) is 40.9 Å². The number of thiazole rings is 1. The smallest absolute Gasteiger partial charge is 0.122 e. The molecule has 0 radical (unpaired) electrons. The topological polar surface area (TPSA) is 34.1 Å². The molecule has 21 heavy (non-hydrogen) atoms. The van der Waals surface area contributed by atoms with Gasteiger partial charge < -0.3 is 10.1 Å². The summed E-state index contributed by atoms with van der Waals surface area (Å²) in [5.74, 6) is 1.47. The molecular weight excluding hydrogens is 280 g/mol. The number of aryl methyl sites for hydroxylation is 1. The van der Waals surface area contributed by atoms with Crippen molar-refractivity contribution in [2.24, 2.45) is 0 Å². The number of para-hydroxylation sites is 1. The summed E-state index contributed by atoms with van der Waals surface area (Å²) >= 11 is 1.78. The lowest BCUT2D eigenvalue weighted by Gasteiger charge is -2.13. The average Bonchev–Trinajstić information content (AvgIpc) is 2.80. The van der Waals surface area contributed by atoms with E-state index in [1.165, 1.54) is 10.4 Å². The summed E-state index contributed by atoms with van der Waals surface area (Å²) in [5.41, 5.74) is 2.40. The highest BCUT2D eigenvalue weighted by molar-refractivity contribution is 7.11. The molecule has 1 aromatic heterocycles. The average molecular weight is 304 g/mol. The van der Waals surface area contributed by atoms with Crippen LogP contribution in [0.4, 0.5) is 0 Å². The van der Waals surface area contributed by atoms with Crippen LogP contribution in [0.25, 0.3) is 0 Å². The van der Waals surface area contributed by atoms with Gasteiger partial charge in [0, 0.05) is 17.8 Å². The maximum atomic E-state index is 5.96. The molecule has 0 unspecified atom stereocenters. The molecule has 0 fully saturated rings. The summed E-state index contributed by atoms with van der Waals surface area (Å²) in [7, 11) is 1.96. The highest BCUT2D eigenvalue weighted by atomic mass is 32.1. The molecule has 4 heteroatoms. The van der Waals surface area contributed by atoms with Gasteiger partial charge in [0.1, 0.15) is 5.75 Å². The summed E-state index contributed by atoms with van der Waals surface area (Å²) in [6.45, 7) is 8.02. The van der Waals surface area contributed by atoms with Gasteiger partial charge in [-0.1, -0.05) is 32.0 Å². The van der Waals surface area contributed by atoms with Crippen molar-refractivity contribution < 1.29 is 4.74 Å². The Hall–Kier alpha value is -1.39. The summed E-state index contributed by atoms with van der Waals surface area (Å²) in [5, 5.41) is 4.33. The van der Waals surface area contributed by atoms with Gasteiger partial charge in [0.15, 0.2) is 0 Å². The first kappa shape index (κ1) is 16.0. The first-order valence-electron chi connectivity index (χ1n) is 7.43. The van der Waals surface area contributed by atoms with Crippen molar-refractivity contribution in [1.82, 2.24) is 10.3 Å². The van der Waals surface area contributed by atoms with Crippen molar-refractivity contribution in [3.05, 3.63) is 45.4 Å². The molecule has 0 aliphatic heterocycles. The number of hydrogen-bond acceptors (Lipinski definition) is 4.